The van der Waals surface area contributed by atoms with Crippen LogP contribution in [0.1, 0.15) is 20.3 Å². The van der Waals surface area contributed by atoms with Gasteiger partial charge in [0.15, 0.2) is 9.84 Å². The van der Waals surface area contributed by atoms with Crippen molar-refractivity contribution in [1.29, 1.82) is 0 Å². The van der Waals surface area contributed by atoms with E-state index in [1.807, 2.05) is 13.8 Å². The fourth-order valence-electron chi connectivity index (χ4n) is 1.70. The van der Waals surface area contributed by atoms with Gasteiger partial charge in [0, 0.05) is 11.4 Å². The normalized spacial score (nSPS) is 11.6. The molecule has 0 atom stereocenters. The number of nitrogen functional groups attached to an aromatic ring is 1. The topological polar surface area (TPSA) is 89.3 Å². The van der Waals surface area contributed by atoms with Crippen molar-refractivity contribution >= 4 is 38.7 Å². The molecule has 0 aliphatic carbocycles. The molecule has 20 heavy (non-hydrogen) atoms. The number of rotatable bonds is 6. The molecule has 0 unspecified atom stereocenters. The number of carbonyl (C=O) groups excluding carboxylic acids is 1. The molecule has 3 N–H and O–H groups in total. The van der Waals surface area contributed by atoms with Gasteiger partial charge in [-0.3, -0.25) is 4.79 Å². The van der Waals surface area contributed by atoms with Gasteiger partial charge >= 0.3 is 0 Å². The van der Waals surface area contributed by atoms with Crippen LogP contribution in [0.2, 0.25) is 5.02 Å². The first-order chi connectivity index (χ1) is 9.19. The molecule has 0 spiro atoms. The molecular weight excluding hydrogens is 300 g/mol. The number of halogens is 1. The number of amides is 1. The molecule has 0 aliphatic rings. The maximum Gasteiger partial charge on any atom is 0.225 e. The number of benzene rings is 1. The Labute approximate surface area is 124 Å². The Morgan fingerprint density at radius 1 is 1.40 bits per heavy atom. The molecule has 7 heteroatoms. The van der Waals surface area contributed by atoms with Crippen molar-refractivity contribution in [3.63, 3.8) is 0 Å². The molecule has 0 fully saturated rings. The van der Waals surface area contributed by atoms with Gasteiger partial charge in [0.2, 0.25) is 5.91 Å². The van der Waals surface area contributed by atoms with E-state index in [0.717, 1.165) is 0 Å². The number of carbonyl (C=O) groups is 1. The lowest BCUT2D eigenvalue weighted by Gasteiger charge is -2.09. The third-order valence-corrected chi connectivity index (χ3v) is 4.75. The lowest BCUT2D eigenvalue weighted by Crippen LogP contribution is -2.21. The zero-order valence-electron chi connectivity index (χ0n) is 11.5. The van der Waals surface area contributed by atoms with E-state index in [2.05, 4.69) is 5.32 Å². The first kappa shape index (κ1) is 16.8. The van der Waals surface area contributed by atoms with Gasteiger partial charge in [0.25, 0.3) is 0 Å². The monoisotopic (exact) mass is 318 g/mol. The number of hydrogen-bond acceptors (Lipinski definition) is 4. The van der Waals surface area contributed by atoms with Gasteiger partial charge in [0.05, 0.1) is 22.9 Å². The Kier molecular flexibility index (Phi) is 5.83. The van der Waals surface area contributed by atoms with Crippen LogP contribution in [-0.2, 0) is 14.6 Å². The molecule has 0 bridgehead atoms. The van der Waals surface area contributed by atoms with Crippen molar-refractivity contribution in [2.45, 2.75) is 20.3 Å². The molecule has 1 aromatic carbocycles. The van der Waals surface area contributed by atoms with Crippen LogP contribution in [0.4, 0.5) is 11.4 Å². The summed E-state index contributed by atoms with van der Waals surface area (Å²) in [6, 6.07) is 4.70. The van der Waals surface area contributed by atoms with Crippen LogP contribution >= 0.6 is 11.6 Å². The standard InChI is InChI=1S/C13H19ClN2O3S/c1-9(2)8-20(18,19)6-5-13(17)16-12-4-3-10(14)7-11(12)15/h3-4,7,9H,5-6,8,15H2,1-2H3,(H,16,17). The second-order valence-corrected chi connectivity index (χ2v) is 7.70. The largest absolute Gasteiger partial charge is 0.397 e. The molecule has 1 aromatic rings. The smallest absolute Gasteiger partial charge is 0.225 e. The molecule has 0 aliphatic heterocycles. The molecule has 112 valence electrons. The van der Waals surface area contributed by atoms with Crippen LogP contribution in [0.15, 0.2) is 18.2 Å². The SMILES string of the molecule is CC(C)CS(=O)(=O)CCC(=O)Nc1ccc(Cl)cc1N. The van der Waals surface area contributed by atoms with E-state index >= 15 is 0 Å². The summed E-state index contributed by atoms with van der Waals surface area (Å²) in [6.07, 6.45) is -0.0862. The van der Waals surface area contributed by atoms with Crippen molar-refractivity contribution in [3.05, 3.63) is 23.2 Å². The van der Waals surface area contributed by atoms with Gasteiger partial charge in [-0.2, -0.15) is 0 Å². The predicted octanol–water partition coefficient (Wildman–Crippen LogP) is 2.32. The van der Waals surface area contributed by atoms with Crippen molar-refractivity contribution in [2.75, 3.05) is 22.6 Å². The Morgan fingerprint density at radius 3 is 2.60 bits per heavy atom. The minimum absolute atomic E-state index is 0.0509. The zero-order chi connectivity index (χ0) is 15.3. The Hall–Kier alpha value is -1.27. The minimum Gasteiger partial charge on any atom is -0.397 e. The highest BCUT2D eigenvalue weighted by atomic mass is 35.5. The first-order valence-electron chi connectivity index (χ1n) is 6.25. The zero-order valence-corrected chi connectivity index (χ0v) is 13.1. The second kappa shape index (κ2) is 6.95. The highest BCUT2D eigenvalue weighted by Crippen LogP contribution is 2.22. The number of anilines is 2. The summed E-state index contributed by atoms with van der Waals surface area (Å²) in [4.78, 5) is 11.7. The molecule has 5 nitrogen and oxygen atoms in total. The summed E-state index contributed by atoms with van der Waals surface area (Å²) in [5, 5.41) is 3.05. The van der Waals surface area contributed by atoms with Gasteiger partial charge in [-0.1, -0.05) is 25.4 Å². The van der Waals surface area contributed by atoms with Crippen molar-refractivity contribution < 1.29 is 13.2 Å². The lowest BCUT2D eigenvalue weighted by atomic mass is 10.2. The minimum atomic E-state index is -3.20. The highest BCUT2D eigenvalue weighted by Gasteiger charge is 2.15. The van der Waals surface area contributed by atoms with Crippen LogP contribution < -0.4 is 11.1 Å². The van der Waals surface area contributed by atoms with Crippen LogP contribution in [-0.4, -0.2) is 25.8 Å². The van der Waals surface area contributed by atoms with Crippen LogP contribution in [0.3, 0.4) is 0 Å². The van der Waals surface area contributed by atoms with Crippen LogP contribution in [0.25, 0.3) is 0 Å². The third-order valence-electron chi connectivity index (χ3n) is 2.52. The van der Waals surface area contributed by atoms with E-state index in [-0.39, 0.29) is 29.8 Å². The summed E-state index contributed by atoms with van der Waals surface area (Å²) in [7, 11) is -3.20. The van der Waals surface area contributed by atoms with Gasteiger partial charge < -0.3 is 11.1 Å². The van der Waals surface area contributed by atoms with Gasteiger partial charge in [-0.15, -0.1) is 0 Å². The Bertz CT molecular complexity index is 585. The summed E-state index contributed by atoms with van der Waals surface area (Å²) in [6.45, 7) is 3.65. The maximum atomic E-state index is 11.7. The lowest BCUT2D eigenvalue weighted by molar-refractivity contribution is -0.115. The van der Waals surface area contributed by atoms with Crippen molar-refractivity contribution in [1.82, 2.24) is 0 Å². The number of nitrogens with two attached hydrogens (primary N) is 1. The number of nitrogens with one attached hydrogen (secondary N) is 1. The molecule has 0 saturated carbocycles. The van der Waals surface area contributed by atoms with E-state index in [0.29, 0.717) is 16.4 Å². The molecule has 1 amide bonds. The van der Waals surface area contributed by atoms with Crippen molar-refractivity contribution in [2.24, 2.45) is 5.92 Å². The molecule has 0 radical (unpaired) electrons. The summed E-state index contributed by atoms with van der Waals surface area (Å²) in [5.41, 5.74) is 6.47. The van der Waals surface area contributed by atoms with E-state index in [1.165, 1.54) is 6.07 Å². The molecule has 1 rings (SSSR count). The van der Waals surface area contributed by atoms with Gasteiger partial charge in [-0.05, 0) is 24.1 Å². The average Bonchev–Trinajstić information content (AvgIpc) is 2.29. The quantitative estimate of drug-likeness (QED) is 0.788. The molecular formula is C13H19ClN2O3S. The fourth-order valence-corrected chi connectivity index (χ4v) is 3.56. The van der Waals surface area contributed by atoms with Crippen LogP contribution in [0.5, 0.6) is 0 Å². The number of sulfone groups is 1. The third kappa shape index (κ3) is 5.79. The van der Waals surface area contributed by atoms with E-state index < -0.39 is 9.84 Å². The van der Waals surface area contributed by atoms with E-state index in [4.69, 9.17) is 17.3 Å². The Morgan fingerprint density at radius 2 is 2.05 bits per heavy atom. The van der Waals surface area contributed by atoms with Crippen LogP contribution in [0, 0.1) is 5.92 Å². The summed E-state index contributed by atoms with van der Waals surface area (Å²) in [5.74, 6) is -0.408. The average molecular weight is 319 g/mol. The van der Waals surface area contributed by atoms with Gasteiger partial charge in [0.1, 0.15) is 0 Å². The molecule has 0 saturated heterocycles. The maximum absolute atomic E-state index is 11.7. The Balaban J connectivity index is 2.56. The van der Waals surface area contributed by atoms with Crippen molar-refractivity contribution in [3.8, 4) is 0 Å². The summed E-state index contributed by atoms with van der Waals surface area (Å²) >= 11 is 5.75. The molecule has 0 heterocycles. The fraction of sp³-hybridized carbons (Fsp3) is 0.462. The second-order valence-electron chi connectivity index (χ2n) is 5.04. The van der Waals surface area contributed by atoms with E-state index in [1.54, 1.807) is 12.1 Å². The first-order valence-corrected chi connectivity index (χ1v) is 8.45. The summed E-state index contributed by atoms with van der Waals surface area (Å²) < 4.78 is 23.4. The van der Waals surface area contributed by atoms with E-state index in [9.17, 15) is 13.2 Å². The highest BCUT2D eigenvalue weighted by molar-refractivity contribution is 7.91. The van der Waals surface area contributed by atoms with Gasteiger partial charge in [-0.25, -0.2) is 8.42 Å². The number of hydrogen-bond donors (Lipinski definition) is 2. The predicted molar refractivity (Wildman–Crippen MR) is 82.6 cm³/mol. The molecule has 0 aromatic heterocycles.